The van der Waals surface area contributed by atoms with Gasteiger partial charge >= 0.3 is 0 Å². The van der Waals surface area contributed by atoms with E-state index >= 15 is 0 Å². The highest BCUT2D eigenvalue weighted by Gasteiger charge is 2.28. The monoisotopic (exact) mass is 302 g/mol. The molecule has 0 heterocycles. The number of amides is 1. The predicted octanol–water partition coefficient (Wildman–Crippen LogP) is 1.58. The molecule has 120 valence electrons. The third-order valence-corrected chi connectivity index (χ3v) is 3.68. The molecule has 1 aliphatic carbocycles. The van der Waals surface area contributed by atoms with Crippen LogP contribution in [0.1, 0.15) is 30.9 Å². The number of nitrogens with one attached hydrogen (secondary N) is 3. The third kappa shape index (κ3) is 5.39. The lowest BCUT2D eigenvalue weighted by Gasteiger charge is -2.12. The molecular weight excluding hydrogens is 276 g/mol. The van der Waals surface area contributed by atoms with Crippen molar-refractivity contribution in [1.82, 2.24) is 16.0 Å². The summed E-state index contributed by atoms with van der Waals surface area (Å²) in [5.41, 5.74) is 2.47. The van der Waals surface area contributed by atoms with E-state index in [0.29, 0.717) is 19.6 Å². The molecule has 1 aromatic carbocycles. The average molecular weight is 302 g/mol. The Labute approximate surface area is 132 Å². The summed E-state index contributed by atoms with van der Waals surface area (Å²) in [5.74, 6) is 1.23. The van der Waals surface area contributed by atoms with E-state index in [9.17, 15) is 4.79 Å². The molecule has 0 unspecified atom stereocenters. The molecule has 1 aliphatic rings. The lowest BCUT2D eigenvalue weighted by molar-refractivity contribution is -0.122. The van der Waals surface area contributed by atoms with Crippen LogP contribution in [-0.4, -0.2) is 31.5 Å². The fraction of sp³-hybridized carbons (Fsp3) is 0.529. The van der Waals surface area contributed by atoms with Crippen LogP contribution in [0.25, 0.3) is 0 Å². The van der Waals surface area contributed by atoms with Crippen LogP contribution in [0.5, 0.6) is 0 Å². The second-order valence-corrected chi connectivity index (χ2v) is 5.61. The van der Waals surface area contributed by atoms with E-state index in [2.05, 4.69) is 40.0 Å². The van der Waals surface area contributed by atoms with Gasteiger partial charge in [-0.1, -0.05) is 24.3 Å². The van der Waals surface area contributed by atoms with Crippen molar-refractivity contribution < 1.29 is 4.79 Å². The normalized spacial score (nSPS) is 14.5. The Bertz CT molecular complexity index is 523. The van der Waals surface area contributed by atoms with Gasteiger partial charge in [0.2, 0.25) is 5.91 Å². The molecule has 2 rings (SSSR count). The van der Waals surface area contributed by atoms with E-state index in [1.807, 2.05) is 19.1 Å². The molecule has 1 saturated carbocycles. The van der Waals surface area contributed by atoms with Crippen molar-refractivity contribution in [2.24, 2.45) is 10.9 Å². The summed E-state index contributed by atoms with van der Waals surface area (Å²) >= 11 is 0. The Morgan fingerprint density at radius 3 is 2.59 bits per heavy atom. The van der Waals surface area contributed by atoms with Crippen LogP contribution in [0.2, 0.25) is 0 Å². The number of carbonyl (C=O) groups excluding carboxylic acids is 1. The number of nitrogens with zero attached hydrogens (tertiary/aromatic N) is 1. The van der Waals surface area contributed by atoms with Crippen LogP contribution in [0, 0.1) is 12.8 Å². The first kappa shape index (κ1) is 16.3. The zero-order valence-corrected chi connectivity index (χ0v) is 13.5. The van der Waals surface area contributed by atoms with Gasteiger partial charge in [0, 0.05) is 25.6 Å². The number of hydrogen-bond donors (Lipinski definition) is 3. The van der Waals surface area contributed by atoms with E-state index in [1.54, 1.807) is 0 Å². The average Bonchev–Trinajstić information content (AvgIpc) is 3.35. The quantitative estimate of drug-likeness (QED) is 0.407. The summed E-state index contributed by atoms with van der Waals surface area (Å²) in [4.78, 5) is 16.1. The minimum Gasteiger partial charge on any atom is -0.357 e. The third-order valence-electron chi connectivity index (χ3n) is 3.68. The molecule has 22 heavy (non-hydrogen) atoms. The molecule has 0 atom stereocenters. The van der Waals surface area contributed by atoms with Crippen LogP contribution >= 0.6 is 0 Å². The summed E-state index contributed by atoms with van der Waals surface area (Å²) < 4.78 is 0. The molecule has 0 spiro atoms. The second-order valence-electron chi connectivity index (χ2n) is 5.61. The Kier molecular flexibility index (Phi) is 6.25. The largest absolute Gasteiger partial charge is 0.357 e. The SMILES string of the molecule is CCNC(=NCc1ccccc1C)NCCNC(=O)C1CC1. The molecule has 5 heteroatoms. The number of hydrogen-bond acceptors (Lipinski definition) is 2. The Hall–Kier alpha value is -2.04. The predicted molar refractivity (Wildman–Crippen MR) is 89.7 cm³/mol. The van der Waals surface area contributed by atoms with Crippen molar-refractivity contribution in [2.45, 2.75) is 33.2 Å². The van der Waals surface area contributed by atoms with E-state index in [1.165, 1.54) is 11.1 Å². The Balaban J connectivity index is 1.76. The molecule has 0 aromatic heterocycles. The highest BCUT2D eigenvalue weighted by Crippen LogP contribution is 2.28. The zero-order valence-electron chi connectivity index (χ0n) is 13.5. The number of carbonyl (C=O) groups is 1. The zero-order chi connectivity index (χ0) is 15.8. The van der Waals surface area contributed by atoms with Crippen molar-refractivity contribution in [2.75, 3.05) is 19.6 Å². The van der Waals surface area contributed by atoms with Gasteiger partial charge in [-0.3, -0.25) is 4.79 Å². The number of aryl methyl sites for hydroxylation is 1. The summed E-state index contributed by atoms with van der Waals surface area (Å²) in [5, 5.41) is 9.41. The van der Waals surface area contributed by atoms with Gasteiger partial charge in [-0.25, -0.2) is 4.99 Å². The van der Waals surface area contributed by atoms with Crippen molar-refractivity contribution >= 4 is 11.9 Å². The molecule has 0 radical (unpaired) electrons. The topological polar surface area (TPSA) is 65.5 Å². The lowest BCUT2D eigenvalue weighted by atomic mass is 10.1. The van der Waals surface area contributed by atoms with Gasteiger partial charge in [-0.2, -0.15) is 0 Å². The second kappa shape index (κ2) is 8.41. The maximum atomic E-state index is 11.5. The molecule has 0 saturated heterocycles. The first-order valence-corrected chi connectivity index (χ1v) is 8.05. The van der Waals surface area contributed by atoms with E-state index in [4.69, 9.17) is 0 Å². The summed E-state index contributed by atoms with van der Waals surface area (Å²) in [6.07, 6.45) is 2.08. The minimum atomic E-state index is 0.184. The van der Waals surface area contributed by atoms with Crippen LogP contribution in [0.4, 0.5) is 0 Å². The fourth-order valence-corrected chi connectivity index (χ4v) is 2.15. The highest BCUT2D eigenvalue weighted by molar-refractivity contribution is 5.81. The van der Waals surface area contributed by atoms with Crippen molar-refractivity contribution in [3.63, 3.8) is 0 Å². The van der Waals surface area contributed by atoms with Crippen LogP contribution < -0.4 is 16.0 Å². The lowest BCUT2D eigenvalue weighted by Crippen LogP contribution is -2.41. The molecule has 0 aliphatic heterocycles. The number of benzene rings is 1. The van der Waals surface area contributed by atoms with E-state index in [-0.39, 0.29) is 11.8 Å². The summed E-state index contributed by atoms with van der Waals surface area (Å²) in [7, 11) is 0. The van der Waals surface area contributed by atoms with Crippen molar-refractivity contribution in [3.8, 4) is 0 Å². The molecule has 1 aromatic rings. The molecular formula is C17H26N4O. The van der Waals surface area contributed by atoms with Crippen LogP contribution in [0.3, 0.4) is 0 Å². The standard InChI is InChI=1S/C17H26N4O/c1-3-18-17(20-11-10-19-16(22)14-8-9-14)21-12-15-7-5-4-6-13(15)2/h4-7,14H,3,8-12H2,1-2H3,(H,19,22)(H2,18,20,21). The fourth-order valence-electron chi connectivity index (χ4n) is 2.15. The van der Waals surface area contributed by atoms with Gasteiger partial charge in [0.25, 0.3) is 0 Å². The van der Waals surface area contributed by atoms with Gasteiger partial charge < -0.3 is 16.0 Å². The number of aliphatic imine (C=N–C) groups is 1. The number of guanidine groups is 1. The minimum absolute atomic E-state index is 0.184. The molecule has 3 N–H and O–H groups in total. The van der Waals surface area contributed by atoms with Crippen LogP contribution in [-0.2, 0) is 11.3 Å². The highest BCUT2D eigenvalue weighted by atomic mass is 16.2. The Morgan fingerprint density at radius 1 is 1.18 bits per heavy atom. The van der Waals surface area contributed by atoms with E-state index < -0.39 is 0 Å². The van der Waals surface area contributed by atoms with Gasteiger partial charge in [0.15, 0.2) is 5.96 Å². The van der Waals surface area contributed by atoms with Gasteiger partial charge in [-0.05, 0) is 37.8 Å². The molecule has 5 nitrogen and oxygen atoms in total. The van der Waals surface area contributed by atoms with Crippen LogP contribution in [0.15, 0.2) is 29.3 Å². The smallest absolute Gasteiger partial charge is 0.223 e. The first-order valence-electron chi connectivity index (χ1n) is 8.05. The number of rotatable bonds is 7. The van der Waals surface area contributed by atoms with Gasteiger partial charge in [0.1, 0.15) is 0 Å². The molecule has 1 fully saturated rings. The van der Waals surface area contributed by atoms with Gasteiger partial charge in [0.05, 0.1) is 6.54 Å². The van der Waals surface area contributed by atoms with E-state index in [0.717, 1.165) is 25.3 Å². The summed E-state index contributed by atoms with van der Waals surface area (Å²) in [6.45, 7) is 6.91. The maximum absolute atomic E-state index is 11.5. The molecule has 0 bridgehead atoms. The van der Waals surface area contributed by atoms with Crippen molar-refractivity contribution in [3.05, 3.63) is 35.4 Å². The molecule has 1 amide bonds. The van der Waals surface area contributed by atoms with Gasteiger partial charge in [-0.15, -0.1) is 0 Å². The maximum Gasteiger partial charge on any atom is 0.223 e. The summed E-state index contributed by atoms with van der Waals surface area (Å²) in [6, 6.07) is 8.26. The Morgan fingerprint density at radius 2 is 1.91 bits per heavy atom. The van der Waals surface area contributed by atoms with Crippen molar-refractivity contribution in [1.29, 1.82) is 0 Å². The first-order chi connectivity index (χ1) is 10.7.